The molecule has 1 saturated carbocycles. The van der Waals surface area contributed by atoms with E-state index in [1.165, 1.54) is 51.9 Å². The van der Waals surface area contributed by atoms with Crippen LogP contribution in [0.1, 0.15) is 32.1 Å². The van der Waals surface area contributed by atoms with Gasteiger partial charge in [-0.15, -0.1) is 0 Å². The van der Waals surface area contributed by atoms with Crippen LogP contribution in [-0.2, 0) is 0 Å². The molecule has 2 fully saturated rings. The summed E-state index contributed by atoms with van der Waals surface area (Å²) in [5.74, 6) is 0. The van der Waals surface area contributed by atoms with Gasteiger partial charge in [0.05, 0.1) is 0 Å². The second-order valence-corrected chi connectivity index (χ2v) is 4.89. The van der Waals surface area contributed by atoms with Crippen molar-refractivity contribution in [3.05, 3.63) is 0 Å². The van der Waals surface area contributed by atoms with Gasteiger partial charge in [0.25, 0.3) is 0 Å². The molecule has 2 aliphatic rings. The lowest BCUT2D eigenvalue weighted by atomic mass is 10.2. The number of hydrogen-bond acceptors (Lipinski definition) is 3. The van der Waals surface area contributed by atoms with Crippen molar-refractivity contribution in [3.8, 4) is 0 Å². The lowest BCUT2D eigenvalue weighted by Crippen LogP contribution is -2.49. The molecule has 0 unspecified atom stereocenters. The van der Waals surface area contributed by atoms with Crippen LogP contribution in [0.15, 0.2) is 0 Å². The topological polar surface area (TPSA) is 26.7 Å². The van der Waals surface area contributed by atoms with Gasteiger partial charge in [0, 0.05) is 45.4 Å². The normalized spacial score (nSPS) is 26.2. The van der Waals surface area contributed by atoms with E-state index < -0.39 is 0 Å². The molecule has 2 rings (SSSR count). The number of aliphatic hydroxyl groups is 1. The molecule has 0 aromatic carbocycles. The Kier molecular flexibility index (Phi) is 4.42. The van der Waals surface area contributed by atoms with Crippen LogP contribution in [0.3, 0.4) is 0 Å². The highest BCUT2D eigenvalue weighted by Gasteiger charge is 2.25. The Balaban J connectivity index is 1.67. The quantitative estimate of drug-likeness (QED) is 0.751. The van der Waals surface area contributed by atoms with Crippen molar-refractivity contribution < 1.29 is 5.11 Å². The van der Waals surface area contributed by atoms with E-state index in [4.69, 9.17) is 5.11 Å². The molecule has 0 atom stereocenters. The zero-order valence-corrected chi connectivity index (χ0v) is 9.70. The number of rotatable bonds is 4. The van der Waals surface area contributed by atoms with E-state index in [0.29, 0.717) is 6.61 Å². The average molecular weight is 212 g/mol. The highest BCUT2D eigenvalue weighted by atomic mass is 16.3. The van der Waals surface area contributed by atoms with E-state index in [0.717, 1.165) is 19.0 Å². The first-order valence-corrected chi connectivity index (χ1v) is 6.47. The highest BCUT2D eigenvalue weighted by molar-refractivity contribution is 4.81. The first-order valence-electron chi connectivity index (χ1n) is 6.47. The minimum absolute atomic E-state index is 0.336. The van der Waals surface area contributed by atoms with Gasteiger partial charge in [-0.2, -0.15) is 0 Å². The van der Waals surface area contributed by atoms with E-state index in [1.54, 1.807) is 0 Å². The smallest absolute Gasteiger partial charge is 0.0443 e. The van der Waals surface area contributed by atoms with Crippen molar-refractivity contribution in [3.63, 3.8) is 0 Å². The maximum atomic E-state index is 8.78. The SMILES string of the molecule is OCCCN1CCN(C2CCCC2)CC1. The molecule has 1 heterocycles. The monoisotopic (exact) mass is 212 g/mol. The average Bonchev–Trinajstić information content (AvgIpc) is 2.80. The maximum Gasteiger partial charge on any atom is 0.0443 e. The van der Waals surface area contributed by atoms with Gasteiger partial charge in [0.1, 0.15) is 0 Å². The molecule has 0 aromatic heterocycles. The van der Waals surface area contributed by atoms with Crippen LogP contribution < -0.4 is 0 Å². The van der Waals surface area contributed by atoms with Crippen molar-refractivity contribution in [2.75, 3.05) is 39.3 Å². The molecular formula is C12H24N2O. The lowest BCUT2D eigenvalue weighted by molar-refractivity contribution is 0.0932. The fourth-order valence-electron chi connectivity index (χ4n) is 2.92. The number of piperazine rings is 1. The summed E-state index contributed by atoms with van der Waals surface area (Å²) in [6.45, 7) is 6.32. The van der Waals surface area contributed by atoms with E-state index in [9.17, 15) is 0 Å². The predicted octanol–water partition coefficient (Wildman–Crippen LogP) is 0.929. The Morgan fingerprint density at radius 2 is 1.67 bits per heavy atom. The van der Waals surface area contributed by atoms with Crippen molar-refractivity contribution in [1.29, 1.82) is 0 Å². The third kappa shape index (κ3) is 3.16. The second kappa shape index (κ2) is 5.83. The Morgan fingerprint density at radius 1 is 1.00 bits per heavy atom. The molecule has 1 aliphatic carbocycles. The first-order chi connectivity index (χ1) is 7.40. The van der Waals surface area contributed by atoms with Crippen LogP contribution in [0, 0.1) is 0 Å². The summed E-state index contributed by atoms with van der Waals surface area (Å²) in [5.41, 5.74) is 0. The van der Waals surface area contributed by atoms with Crippen LogP contribution in [-0.4, -0.2) is 60.3 Å². The third-order valence-corrected chi connectivity index (χ3v) is 3.88. The fourth-order valence-corrected chi connectivity index (χ4v) is 2.92. The molecule has 3 nitrogen and oxygen atoms in total. The summed E-state index contributed by atoms with van der Waals surface area (Å²) < 4.78 is 0. The first kappa shape index (κ1) is 11.4. The molecule has 0 aromatic rings. The molecule has 0 radical (unpaired) electrons. The van der Waals surface area contributed by atoms with Crippen molar-refractivity contribution >= 4 is 0 Å². The number of aliphatic hydroxyl groups excluding tert-OH is 1. The van der Waals surface area contributed by atoms with Gasteiger partial charge < -0.3 is 10.0 Å². The Hall–Kier alpha value is -0.120. The minimum atomic E-state index is 0.336. The van der Waals surface area contributed by atoms with Crippen LogP contribution >= 0.6 is 0 Å². The van der Waals surface area contributed by atoms with Crippen molar-refractivity contribution in [2.24, 2.45) is 0 Å². The molecule has 0 amide bonds. The van der Waals surface area contributed by atoms with Gasteiger partial charge in [0.2, 0.25) is 0 Å². The largest absolute Gasteiger partial charge is 0.396 e. The standard InChI is InChI=1S/C12H24N2O/c15-11-3-6-13-7-9-14(10-8-13)12-4-1-2-5-12/h12,15H,1-11H2. The molecular weight excluding hydrogens is 188 g/mol. The summed E-state index contributed by atoms with van der Waals surface area (Å²) in [5, 5.41) is 8.78. The second-order valence-electron chi connectivity index (χ2n) is 4.89. The van der Waals surface area contributed by atoms with E-state index >= 15 is 0 Å². The summed E-state index contributed by atoms with van der Waals surface area (Å²) >= 11 is 0. The summed E-state index contributed by atoms with van der Waals surface area (Å²) in [6.07, 6.45) is 6.67. The molecule has 0 bridgehead atoms. The zero-order chi connectivity index (χ0) is 10.5. The number of hydrogen-bond donors (Lipinski definition) is 1. The van der Waals surface area contributed by atoms with Crippen LogP contribution in [0.5, 0.6) is 0 Å². The van der Waals surface area contributed by atoms with Crippen LogP contribution in [0.4, 0.5) is 0 Å². The highest BCUT2D eigenvalue weighted by Crippen LogP contribution is 2.24. The van der Waals surface area contributed by atoms with Gasteiger partial charge in [-0.3, -0.25) is 4.90 Å². The third-order valence-electron chi connectivity index (χ3n) is 3.88. The van der Waals surface area contributed by atoms with Gasteiger partial charge >= 0.3 is 0 Å². The fraction of sp³-hybridized carbons (Fsp3) is 1.00. The van der Waals surface area contributed by atoms with Gasteiger partial charge in [-0.05, 0) is 19.3 Å². The van der Waals surface area contributed by atoms with E-state index in [-0.39, 0.29) is 0 Å². The maximum absolute atomic E-state index is 8.78. The summed E-state index contributed by atoms with van der Waals surface area (Å²) in [4.78, 5) is 5.17. The van der Waals surface area contributed by atoms with E-state index in [2.05, 4.69) is 9.80 Å². The summed E-state index contributed by atoms with van der Waals surface area (Å²) in [7, 11) is 0. The molecule has 3 heteroatoms. The van der Waals surface area contributed by atoms with E-state index in [1.807, 2.05) is 0 Å². The Bertz CT molecular complexity index is 172. The predicted molar refractivity (Wildman–Crippen MR) is 62.0 cm³/mol. The molecule has 1 aliphatic heterocycles. The number of nitrogens with zero attached hydrogens (tertiary/aromatic N) is 2. The van der Waals surface area contributed by atoms with Crippen molar-refractivity contribution in [2.45, 2.75) is 38.1 Å². The molecule has 1 N–H and O–H groups in total. The Labute approximate surface area is 93.1 Å². The molecule has 0 spiro atoms. The van der Waals surface area contributed by atoms with Crippen molar-refractivity contribution in [1.82, 2.24) is 9.80 Å². The zero-order valence-electron chi connectivity index (χ0n) is 9.70. The van der Waals surface area contributed by atoms with Gasteiger partial charge in [0.15, 0.2) is 0 Å². The van der Waals surface area contributed by atoms with Crippen LogP contribution in [0.25, 0.3) is 0 Å². The lowest BCUT2D eigenvalue weighted by Gasteiger charge is -2.38. The van der Waals surface area contributed by atoms with Gasteiger partial charge in [-0.1, -0.05) is 12.8 Å². The summed E-state index contributed by atoms with van der Waals surface area (Å²) in [6, 6.07) is 0.894. The molecule has 15 heavy (non-hydrogen) atoms. The minimum Gasteiger partial charge on any atom is -0.396 e. The molecule has 88 valence electrons. The van der Waals surface area contributed by atoms with Crippen LogP contribution in [0.2, 0.25) is 0 Å². The molecule has 1 saturated heterocycles. The van der Waals surface area contributed by atoms with Gasteiger partial charge in [-0.25, -0.2) is 0 Å². The Morgan fingerprint density at radius 3 is 2.27 bits per heavy atom.